The molecule has 1 aliphatic rings. The molecule has 2 aromatic rings. The number of carbonyl (C=O) groups excluding carboxylic acids is 2. The molecular formula is C21H20O5. The van der Waals surface area contributed by atoms with Crippen LogP contribution in [0.15, 0.2) is 60.2 Å². The maximum absolute atomic E-state index is 12.2. The molecule has 0 saturated carbocycles. The lowest BCUT2D eigenvalue weighted by atomic mass is 10.0. The molecule has 0 amide bonds. The van der Waals surface area contributed by atoms with E-state index in [4.69, 9.17) is 14.2 Å². The van der Waals surface area contributed by atoms with Gasteiger partial charge in [0.15, 0.2) is 0 Å². The molecule has 1 fully saturated rings. The zero-order chi connectivity index (χ0) is 18.7. The van der Waals surface area contributed by atoms with E-state index in [1.165, 1.54) is 13.8 Å². The summed E-state index contributed by atoms with van der Waals surface area (Å²) in [6.07, 6.45) is 0. The molecule has 1 heterocycles. The molecule has 0 spiro atoms. The minimum atomic E-state index is -1.24. The van der Waals surface area contributed by atoms with Gasteiger partial charge in [-0.2, -0.15) is 0 Å². The Balaban J connectivity index is 1.75. The number of cyclic esters (lactones) is 2. The van der Waals surface area contributed by atoms with Crippen LogP contribution in [0, 0.1) is 0 Å². The highest BCUT2D eigenvalue weighted by molar-refractivity contribution is 6.20. The van der Waals surface area contributed by atoms with Crippen molar-refractivity contribution in [1.82, 2.24) is 0 Å². The molecule has 0 aliphatic carbocycles. The van der Waals surface area contributed by atoms with E-state index < -0.39 is 17.7 Å². The number of hydrogen-bond donors (Lipinski definition) is 0. The van der Waals surface area contributed by atoms with Crippen LogP contribution >= 0.6 is 0 Å². The van der Waals surface area contributed by atoms with Crippen LogP contribution in [-0.4, -0.2) is 17.7 Å². The van der Waals surface area contributed by atoms with Gasteiger partial charge >= 0.3 is 11.9 Å². The van der Waals surface area contributed by atoms with Crippen molar-refractivity contribution in [2.24, 2.45) is 0 Å². The fraction of sp³-hybridized carbons (Fsp3) is 0.238. The largest absolute Gasteiger partial charge is 0.489 e. The summed E-state index contributed by atoms with van der Waals surface area (Å²) in [4.78, 5) is 24.3. The Bertz CT molecular complexity index is 826. The van der Waals surface area contributed by atoms with E-state index in [9.17, 15) is 9.59 Å². The van der Waals surface area contributed by atoms with E-state index in [1.54, 1.807) is 31.2 Å². The molecule has 134 valence electrons. The van der Waals surface area contributed by atoms with Crippen molar-refractivity contribution in [3.63, 3.8) is 0 Å². The minimum Gasteiger partial charge on any atom is -0.489 e. The predicted molar refractivity (Wildman–Crippen MR) is 96.1 cm³/mol. The zero-order valence-corrected chi connectivity index (χ0v) is 14.9. The van der Waals surface area contributed by atoms with Gasteiger partial charge in [0, 0.05) is 13.8 Å². The van der Waals surface area contributed by atoms with Crippen LogP contribution in [0.1, 0.15) is 31.9 Å². The Morgan fingerprint density at radius 2 is 1.50 bits per heavy atom. The van der Waals surface area contributed by atoms with Crippen molar-refractivity contribution in [3.8, 4) is 5.75 Å². The Labute approximate surface area is 152 Å². The third-order valence-electron chi connectivity index (χ3n) is 4.00. The van der Waals surface area contributed by atoms with Crippen LogP contribution in [0.3, 0.4) is 0 Å². The maximum Gasteiger partial charge on any atom is 0.349 e. The van der Waals surface area contributed by atoms with Gasteiger partial charge in [0.2, 0.25) is 0 Å². The zero-order valence-electron chi connectivity index (χ0n) is 14.9. The topological polar surface area (TPSA) is 61.8 Å². The van der Waals surface area contributed by atoms with Crippen molar-refractivity contribution in [1.29, 1.82) is 0 Å². The first-order valence-electron chi connectivity index (χ1n) is 8.30. The van der Waals surface area contributed by atoms with E-state index in [-0.39, 0.29) is 5.57 Å². The Morgan fingerprint density at radius 1 is 0.923 bits per heavy atom. The molecular weight excluding hydrogens is 332 g/mol. The van der Waals surface area contributed by atoms with Crippen LogP contribution in [-0.2, 0) is 25.7 Å². The molecule has 0 bridgehead atoms. The lowest BCUT2D eigenvalue weighted by Gasteiger charge is -2.30. The molecule has 26 heavy (non-hydrogen) atoms. The molecule has 0 N–H and O–H groups in total. The molecule has 1 saturated heterocycles. The number of benzene rings is 2. The number of hydrogen-bond acceptors (Lipinski definition) is 5. The van der Waals surface area contributed by atoms with Gasteiger partial charge in [-0.3, -0.25) is 0 Å². The lowest BCUT2D eigenvalue weighted by molar-refractivity contribution is -0.222. The average molecular weight is 352 g/mol. The molecule has 1 aliphatic heterocycles. The first kappa shape index (κ1) is 17.7. The molecule has 0 radical (unpaired) electrons. The van der Waals surface area contributed by atoms with Crippen molar-refractivity contribution >= 4 is 17.5 Å². The summed E-state index contributed by atoms with van der Waals surface area (Å²) in [6, 6.07) is 17.0. The number of esters is 2. The molecule has 0 aromatic heterocycles. The quantitative estimate of drug-likeness (QED) is 0.475. The monoisotopic (exact) mass is 352 g/mol. The van der Waals surface area contributed by atoms with E-state index >= 15 is 0 Å². The van der Waals surface area contributed by atoms with Gasteiger partial charge in [-0.1, -0.05) is 42.5 Å². The van der Waals surface area contributed by atoms with Gasteiger partial charge in [0.1, 0.15) is 17.9 Å². The second-order valence-electron chi connectivity index (χ2n) is 6.48. The van der Waals surface area contributed by atoms with Crippen molar-refractivity contribution in [2.45, 2.75) is 33.2 Å². The van der Waals surface area contributed by atoms with Crippen LogP contribution in [0.5, 0.6) is 5.75 Å². The van der Waals surface area contributed by atoms with Gasteiger partial charge < -0.3 is 14.2 Å². The number of rotatable bonds is 4. The fourth-order valence-electron chi connectivity index (χ4n) is 2.65. The molecule has 3 rings (SSSR count). The fourth-order valence-corrected chi connectivity index (χ4v) is 2.65. The van der Waals surface area contributed by atoms with Crippen molar-refractivity contribution < 1.29 is 23.8 Å². The highest BCUT2D eigenvalue weighted by Gasteiger charge is 2.40. The molecule has 0 unspecified atom stereocenters. The Hall–Kier alpha value is -3.08. The number of ether oxygens (including phenoxy) is 3. The van der Waals surface area contributed by atoms with Gasteiger partial charge in [-0.05, 0) is 35.8 Å². The summed E-state index contributed by atoms with van der Waals surface area (Å²) >= 11 is 0. The van der Waals surface area contributed by atoms with Crippen LogP contribution in [0.25, 0.3) is 5.57 Å². The minimum absolute atomic E-state index is 0.0812. The molecule has 5 nitrogen and oxygen atoms in total. The second-order valence-corrected chi connectivity index (χ2v) is 6.48. The first-order valence-corrected chi connectivity index (χ1v) is 8.30. The second kappa shape index (κ2) is 7.04. The summed E-state index contributed by atoms with van der Waals surface area (Å²) in [7, 11) is 0. The van der Waals surface area contributed by atoms with Crippen molar-refractivity contribution in [3.05, 3.63) is 71.3 Å². The number of carbonyl (C=O) groups is 2. The number of allylic oxidation sites excluding steroid dienone is 1. The van der Waals surface area contributed by atoms with Gasteiger partial charge in [-0.15, -0.1) is 0 Å². The predicted octanol–water partition coefficient (Wildman–Crippen LogP) is 3.88. The first-order chi connectivity index (χ1) is 12.4. The summed E-state index contributed by atoms with van der Waals surface area (Å²) in [5.41, 5.74) is 2.22. The van der Waals surface area contributed by atoms with Gasteiger partial charge in [-0.25, -0.2) is 9.59 Å². The third-order valence-corrected chi connectivity index (χ3v) is 4.00. The Kier molecular flexibility index (Phi) is 4.80. The van der Waals surface area contributed by atoms with Crippen molar-refractivity contribution in [2.75, 3.05) is 0 Å². The molecule has 2 aromatic carbocycles. The van der Waals surface area contributed by atoms with Gasteiger partial charge in [0.05, 0.1) is 0 Å². The Morgan fingerprint density at radius 3 is 2.08 bits per heavy atom. The highest BCUT2D eigenvalue weighted by atomic mass is 16.7. The summed E-state index contributed by atoms with van der Waals surface area (Å²) < 4.78 is 16.0. The summed E-state index contributed by atoms with van der Waals surface area (Å²) in [6.45, 7) is 5.20. The molecule has 5 heteroatoms. The van der Waals surface area contributed by atoms with Gasteiger partial charge in [0.25, 0.3) is 5.79 Å². The third kappa shape index (κ3) is 3.94. The van der Waals surface area contributed by atoms with E-state index in [0.717, 1.165) is 11.1 Å². The van der Waals surface area contributed by atoms with E-state index in [0.29, 0.717) is 17.9 Å². The standard InChI is InChI=1S/C21H20O5/c1-14(18-19(22)25-21(2,3)26-20(18)23)16-9-11-17(12-10-16)24-13-15-7-5-4-6-8-15/h4-12H,13H2,1-3H3. The van der Waals surface area contributed by atoms with E-state index in [1.807, 2.05) is 30.3 Å². The average Bonchev–Trinajstić information content (AvgIpc) is 2.59. The summed E-state index contributed by atoms with van der Waals surface area (Å²) in [5.74, 6) is -1.89. The molecule has 0 atom stereocenters. The van der Waals surface area contributed by atoms with Crippen LogP contribution in [0.4, 0.5) is 0 Å². The maximum atomic E-state index is 12.2. The van der Waals surface area contributed by atoms with Crippen LogP contribution < -0.4 is 4.74 Å². The van der Waals surface area contributed by atoms with Crippen LogP contribution in [0.2, 0.25) is 0 Å². The lowest BCUT2D eigenvalue weighted by Crippen LogP contribution is -2.42. The van der Waals surface area contributed by atoms with E-state index in [2.05, 4.69) is 0 Å². The summed E-state index contributed by atoms with van der Waals surface area (Å²) in [5, 5.41) is 0. The SMILES string of the molecule is CC(=C1C(=O)OC(C)(C)OC1=O)c1ccc(OCc2ccccc2)cc1. The normalized spacial score (nSPS) is 15.9. The highest BCUT2D eigenvalue weighted by Crippen LogP contribution is 2.29. The smallest absolute Gasteiger partial charge is 0.349 e.